The summed E-state index contributed by atoms with van der Waals surface area (Å²) < 4.78 is 38.9. The largest absolute Gasteiger partial charge is 0.442 e. The SMILES string of the molecule is O=C(NC[C@H]1CN(c2ccc(N3CC4(COC4)C3)c(F)c2)C(=O)O1)c1ccccc1F. The number of hydrogen-bond acceptors (Lipinski definition) is 5. The molecule has 5 rings (SSSR count). The lowest BCUT2D eigenvalue weighted by molar-refractivity contribution is -0.127. The summed E-state index contributed by atoms with van der Waals surface area (Å²) in [5.41, 5.74) is 0.978. The summed E-state index contributed by atoms with van der Waals surface area (Å²) in [6, 6.07) is 10.3. The summed E-state index contributed by atoms with van der Waals surface area (Å²) in [7, 11) is 0. The van der Waals surface area contributed by atoms with Crippen LogP contribution in [-0.2, 0) is 9.47 Å². The van der Waals surface area contributed by atoms with Gasteiger partial charge in [-0.3, -0.25) is 9.69 Å². The zero-order chi connectivity index (χ0) is 21.6. The Labute approximate surface area is 177 Å². The van der Waals surface area contributed by atoms with Gasteiger partial charge in [0.15, 0.2) is 0 Å². The van der Waals surface area contributed by atoms with Crippen molar-refractivity contribution in [2.24, 2.45) is 5.41 Å². The van der Waals surface area contributed by atoms with E-state index in [4.69, 9.17) is 9.47 Å². The molecule has 0 aromatic heterocycles. The molecule has 2 amide bonds. The zero-order valence-corrected chi connectivity index (χ0v) is 16.6. The fourth-order valence-corrected chi connectivity index (χ4v) is 4.21. The first-order chi connectivity index (χ1) is 14.9. The summed E-state index contributed by atoms with van der Waals surface area (Å²) in [6.07, 6.45) is -1.24. The fourth-order valence-electron chi connectivity index (χ4n) is 4.21. The molecule has 162 valence electrons. The van der Waals surface area contributed by atoms with Crippen LogP contribution in [0.3, 0.4) is 0 Å². The highest BCUT2D eigenvalue weighted by Crippen LogP contribution is 2.41. The van der Waals surface area contributed by atoms with E-state index in [1.807, 2.05) is 4.90 Å². The van der Waals surface area contributed by atoms with Gasteiger partial charge in [0.1, 0.15) is 17.7 Å². The number of nitrogens with one attached hydrogen (secondary N) is 1. The highest BCUT2D eigenvalue weighted by molar-refractivity contribution is 5.94. The van der Waals surface area contributed by atoms with Gasteiger partial charge in [-0.1, -0.05) is 12.1 Å². The van der Waals surface area contributed by atoms with Gasteiger partial charge in [0.05, 0.1) is 48.7 Å². The maximum atomic E-state index is 14.7. The maximum absolute atomic E-state index is 14.7. The molecule has 7 nitrogen and oxygen atoms in total. The molecule has 0 unspecified atom stereocenters. The third-order valence-corrected chi connectivity index (χ3v) is 5.94. The molecule has 1 N–H and O–H groups in total. The van der Waals surface area contributed by atoms with Crippen LogP contribution in [0.4, 0.5) is 25.0 Å². The average Bonchev–Trinajstić information content (AvgIpc) is 3.06. The molecule has 3 aliphatic rings. The molecular formula is C22H21F2N3O4. The van der Waals surface area contributed by atoms with Crippen molar-refractivity contribution in [2.75, 3.05) is 49.2 Å². The lowest BCUT2D eigenvalue weighted by Crippen LogP contribution is -2.66. The normalized spacial score (nSPS) is 21.5. The molecule has 3 aliphatic heterocycles. The summed E-state index contributed by atoms with van der Waals surface area (Å²) in [5, 5.41) is 2.57. The molecule has 3 fully saturated rings. The van der Waals surface area contributed by atoms with E-state index >= 15 is 0 Å². The number of hydrogen-bond donors (Lipinski definition) is 1. The van der Waals surface area contributed by atoms with Crippen LogP contribution in [-0.4, -0.2) is 57.5 Å². The van der Waals surface area contributed by atoms with Gasteiger partial charge in [0.2, 0.25) is 0 Å². The summed E-state index contributed by atoms with van der Waals surface area (Å²) in [4.78, 5) is 27.7. The van der Waals surface area contributed by atoms with Gasteiger partial charge in [0, 0.05) is 13.1 Å². The van der Waals surface area contributed by atoms with E-state index in [0.29, 0.717) is 11.4 Å². The molecule has 31 heavy (non-hydrogen) atoms. The summed E-state index contributed by atoms with van der Waals surface area (Å²) in [6.45, 7) is 3.14. The summed E-state index contributed by atoms with van der Waals surface area (Å²) >= 11 is 0. The standard InChI is InChI=1S/C22H21F2N3O4/c23-17-4-2-1-3-16(17)20(28)25-8-15-9-27(21(29)31-15)14-5-6-19(18(24)7-14)26-10-22(11-26)12-30-13-22/h1-7,15H,8-13H2,(H,25,28)/t15-/m0/s1. The van der Waals surface area contributed by atoms with Crippen molar-refractivity contribution in [3.05, 3.63) is 59.7 Å². The van der Waals surface area contributed by atoms with E-state index in [0.717, 1.165) is 26.3 Å². The third-order valence-electron chi connectivity index (χ3n) is 5.94. The van der Waals surface area contributed by atoms with Crippen LogP contribution in [0.15, 0.2) is 42.5 Å². The Morgan fingerprint density at radius 1 is 1.13 bits per heavy atom. The quantitative estimate of drug-likeness (QED) is 0.791. The lowest BCUT2D eigenvalue weighted by atomic mass is 9.78. The number of cyclic esters (lactones) is 1. The number of nitrogens with zero attached hydrogens (tertiary/aromatic N) is 2. The predicted octanol–water partition coefficient (Wildman–Crippen LogP) is 2.56. The molecule has 1 atom stereocenters. The van der Waals surface area contributed by atoms with E-state index in [1.165, 1.54) is 29.2 Å². The van der Waals surface area contributed by atoms with Crippen molar-refractivity contribution in [1.82, 2.24) is 5.32 Å². The van der Waals surface area contributed by atoms with Gasteiger partial charge >= 0.3 is 6.09 Å². The molecule has 3 heterocycles. The van der Waals surface area contributed by atoms with E-state index < -0.39 is 29.7 Å². The Morgan fingerprint density at radius 2 is 1.90 bits per heavy atom. The number of carbonyl (C=O) groups excluding carboxylic acids is 2. The molecule has 0 bridgehead atoms. The van der Waals surface area contributed by atoms with Gasteiger partial charge in [-0.25, -0.2) is 13.6 Å². The fraction of sp³-hybridized carbons (Fsp3) is 0.364. The van der Waals surface area contributed by atoms with Crippen LogP contribution in [0.2, 0.25) is 0 Å². The maximum Gasteiger partial charge on any atom is 0.414 e. The van der Waals surface area contributed by atoms with Crippen LogP contribution in [0.1, 0.15) is 10.4 Å². The Bertz CT molecular complexity index is 1040. The van der Waals surface area contributed by atoms with Gasteiger partial charge in [0.25, 0.3) is 5.91 Å². The topological polar surface area (TPSA) is 71.1 Å². The molecule has 2 aromatic rings. The Kier molecular flexibility index (Phi) is 4.77. The minimum atomic E-state index is -0.626. The van der Waals surface area contributed by atoms with E-state index in [2.05, 4.69) is 5.32 Å². The van der Waals surface area contributed by atoms with E-state index in [-0.39, 0.29) is 24.1 Å². The lowest BCUT2D eigenvalue weighted by Gasteiger charge is -2.56. The molecule has 9 heteroatoms. The molecule has 0 saturated carbocycles. The van der Waals surface area contributed by atoms with Gasteiger partial charge in [-0.05, 0) is 30.3 Å². The van der Waals surface area contributed by atoms with Crippen LogP contribution < -0.4 is 15.1 Å². The minimum absolute atomic E-state index is 0.0217. The van der Waals surface area contributed by atoms with Gasteiger partial charge in [-0.2, -0.15) is 0 Å². The zero-order valence-electron chi connectivity index (χ0n) is 16.6. The van der Waals surface area contributed by atoms with Crippen molar-refractivity contribution in [1.29, 1.82) is 0 Å². The first kappa shape index (κ1) is 19.7. The number of ether oxygens (including phenoxy) is 2. The molecule has 3 saturated heterocycles. The molecular weight excluding hydrogens is 408 g/mol. The second-order valence-electron chi connectivity index (χ2n) is 8.29. The van der Waals surface area contributed by atoms with E-state index in [1.54, 1.807) is 18.2 Å². The predicted molar refractivity (Wildman–Crippen MR) is 108 cm³/mol. The van der Waals surface area contributed by atoms with E-state index in [9.17, 15) is 18.4 Å². The second-order valence-corrected chi connectivity index (χ2v) is 8.29. The number of rotatable bonds is 5. The Hall–Kier alpha value is -3.20. The van der Waals surface area contributed by atoms with Crippen molar-refractivity contribution in [2.45, 2.75) is 6.10 Å². The number of carbonyl (C=O) groups is 2. The molecule has 2 aromatic carbocycles. The van der Waals surface area contributed by atoms with Gasteiger partial charge in [-0.15, -0.1) is 0 Å². The van der Waals surface area contributed by atoms with Crippen molar-refractivity contribution in [3.8, 4) is 0 Å². The average molecular weight is 429 g/mol. The smallest absolute Gasteiger partial charge is 0.414 e. The Morgan fingerprint density at radius 3 is 2.58 bits per heavy atom. The number of anilines is 2. The van der Waals surface area contributed by atoms with Crippen LogP contribution >= 0.6 is 0 Å². The molecule has 1 spiro atoms. The Balaban J connectivity index is 1.19. The van der Waals surface area contributed by atoms with Crippen molar-refractivity contribution >= 4 is 23.4 Å². The van der Waals surface area contributed by atoms with Crippen molar-refractivity contribution in [3.63, 3.8) is 0 Å². The summed E-state index contributed by atoms with van der Waals surface area (Å²) in [5.74, 6) is -1.62. The first-order valence-electron chi connectivity index (χ1n) is 10.1. The van der Waals surface area contributed by atoms with Gasteiger partial charge < -0.3 is 19.7 Å². The number of benzene rings is 2. The highest BCUT2D eigenvalue weighted by Gasteiger charge is 2.49. The minimum Gasteiger partial charge on any atom is -0.442 e. The number of halogens is 2. The third kappa shape index (κ3) is 3.59. The molecule has 0 aliphatic carbocycles. The highest BCUT2D eigenvalue weighted by atomic mass is 19.1. The van der Waals surface area contributed by atoms with Crippen LogP contribution in [0, 0.1) is 17.0 Å². The first-order valence-corrected chi connectivity index (χ1v) is 10.1. The monoisotopic (exact) mass is 429 g/mol. The molecule has 0 radical (unpaired) electrons. The van der Waals surface area contributed by atoms with Crippen molar-refractivity contribution < 1.29 is 27.8 Å². The number of amides is 2. The van der Waals surface area contributed by atoms with Crippen LogP contribution in [0.25, 0.3) is 0 Å². The van der Waals surface area contributed by atoms with Crippen LogP contribution in [0.5, 0.6) is 0 Å². The second kappa shape index (κ2) is 7.49.